The van der Waals surface area contributed by atoms with Gasteiger partial charge in [0, 0.05) is 37.6 Å². The highest BCUT2D eigenvalue weighted by molar-refractivity contribution is 6.42. The first-order chi connectivity index (χ1) is 19.8. The summed E-state index contributed by atoms with van der Waals surface area (Å²) in [6, 6.07) is 6.95. The third-order valence-corrected chi connectivity index (χ3v) is 7.53. The van der Waals surface area contributed by atoms with Crippen LogP contribution in [-0.4, -0.2) is 86.7 Å². The highest BCUT2D eigenvalue weighted by Crippen LogP contribution is 2.43. The van der Waals surface area contributed by atoms with E-state index < -0.39 is 17.9 Å². The van der Waals surface area contributed by atoms with Gasteiger partial charge in [-0.1, -0.05) is 35.3 Å². The number of halogens is 2. The molecule has 0 radical (unpaired) electrons. The van der Waals surface area contributed by atoms with Crippen LogP contribution >= 0.6 is 23.2 Å². The minimum atomic E-state index is -0.843. The number of ether oxygens (including phenoxy) is 4. The van der Waals surface area contributed by atoms with Crippen LogP contribution in [0.1, 0.15) is 25.3 Å². The number of methoxy groups -OCH3 is 1. The maximum atomic E-state index is 13.1. The molecule has 1 N–H and O–H groups in total. The first kappa shape index (κ1) is 30.6. The normalized spacial score (nSPS) is 17.3. The number of nitrogens with one attached hydrogen (secondary N) is 1. The summed E-state index contributed by atoms with van der Waals surface area (Å²) in [5.41, 5.74) is 1.48. The van der Waals surface area contributed by atoms with Crippen molar-refractivity contribution in [2.75, 3.05) is 70.1 Å². The maximum Gasteiger partial charge on any atom is 0.336 e. The van der Waals surface area contributed by atoms with Crippen LogP contribution in [0.15, 0.2) is 53.6 Å². The minimum Gasteiger partial charge on any atom is -0.466 e. The predicted molar refractivity (Wildman–Crippen MR) is 155 cm³/mol. The summed E-state index contributed by atoms with van der Waals surface area (Å²) in [5, 5.41) is 3.77. The second-order valence-electron chi connectivity index (χ2n) is 9.17. The van der Waals surface area contributed by atoms with E-state index in [9.17, 15) is 9.59 Å². The molecule has 220 valence electrons. The molecule has 4 rings (SSSR count). The van der Waals surface area contributed by atoms with Crippen molar-refractivity contribution < 1.29 is 28.5 Å². The molecule has 3 heterocycles. The average Bonchev–Trinajstić information content (AvgIpc) is 2.99. The Morgan fingerprint density at radius 1 is 1.17 bits per heavy atom. The van der Waals surface area contributed by atoms with Crippen LogP contribution in [0.5, 0.6) is 0 Å². The van der Waals surface area contributed by atoms with Gasteiger partial charge in [-0.05, 0) is 25.5 Å². The summed E-state index contributed by atoms with van der Waals surface area (Å²) < 4.78 is 21.8. The van der Waals surface area contributed by atoms with E-state index in [1.165, 1.54) is 13.4 Å². The first-order valence-electron chi connectivity index (χ1n) is 13.2. The van der Waals surface area contributed by atoms with Crippen molar-refractivity contribution >= 4 is 46.8 Å². The molecule has 11 nitrogen and oxygen atoms in total. The Kier molecular flexibility index (Phi) is 10.8. The molecule has 1 unspecified atom stereocenters. The van der Waals surface area contributed by atoms with Crippen LogP contribution in [0.3, 0.4) is 0 Å². The van der Waals surface area contributed by atoms with Crippen molar-refractivity contribution in [1.82, 2.24) is 14.9 Å². The third kappa shape index (κ3) is 7.28. The van der Waals surface area contributed by atoms with Crippen LogP contribution in [-0.2, 0) is 28.5 Å². The molecular formula is C28H33Cl2N5O6. The molecule has 0 amide bonds. The zero-order valence-corrected chi connectivity index (χ0v) is 24.7. The molecule has 1 aromatic carbocycles. The molecule has 1 atom stereocenters. The number of carbonyl (C=O) groups is 2. The van der Waals surface area contributed by atoms with Gasteiger partial charge < -0.3 is 34.1 Å². The second kappa shape index (κ2) is 14.5. The van der Waals surface area contributed by atoms with E-state index >= 15 is 0 Å². The number of allylic oxidation sites excluding steroid dienone is 1. The molecule has 0 bridgehead atoms. The van der Waals surface area contributed by atoms with Gasteiger partial charge in [-0.2, -0.15) is 0 Å². The number of hydrogen-bond acceptors (Lipinski definition) is 11. The molecule has 0 spiro atoms. The van der Waals surface area contributed by atoms with Gasteiger partial charge in [0.05, 0.1) is 60.6 Å². The van der Waals surface area contributed by atoms with Gasteiger partial charge in [-0.15, -0.1) is 0 Å². The number of benzene rings is 1. The third-order valence-electron chi connectivity index (χ3n) is 6.69. The Balaban J connectivity index is 1.48. The van der Waals surface area contributed by atoms with E-state index in [0.717, 1.165) is 18.9 Å². The van der Waals surface area contributed by atoms with Crippen molar-refractivity contribution in [2.24, 2.45) is 0 Å². The summed E-state index contributed by atoms with van der Waals surface area (Å²) in [6.07, 6.45) is 3.14. The van der Waals surface area contributed by atoms with E-state index in [0.29, 0.717) is 48.5 Å². The van der Waals surface area contributed by atoms with Crippen LogP contribution in [0.4, 0.5) is 11.6 Å². The molecule has 1 aromatic heterocycles. The van der Waals surface area contributed by atoms with Gasteiger partial charge in [0.2, 0.25) is 0 Å². The highest BCUT2D eigenvalue weighted by atomic mass is 35.5. The van der Waals surface area contributed by atoms with Gasteiger partial charge in [0.25, 0.3) is 0 Å². The van der Waals surface area contributed by atoms with Gasteiger partial charge >= 0.3 is 11.9 Å². The topological polar surface area (TPSA) is 115 Å². The smallest absolute Gasteiger partial charge is 0.336 e. The van der Waals surface area contributed by atoms with Gasteiger partial charge in [-0.3, -0.25) is 0 Å². The summed E-state index contributed by atoms with van der Waals surface area (Å²) in [5.74, 6) is -0.525. The van der Waals surface area contributed by atoms with Gasteiger partial charge in [0.1, 0.15) is 24.7 Å². The molecule has 41 heavy (non-hydrogen) atoms. The fourth-order valence-corrected chi connectivity index (χ4v) is 5.06. The number of esters is 2. The Hall–Kier alpha value is -3.38. The Bertz CT molecular complexity index is 1310. The average molecular weight is 607 g/mol. The standard InChI is InChI=1S/C28H33Cl2N5O6/c1-4-41-27(36)20-15-35(18(2)24(28(37)38-3)25(20)19-6-5-7-21(29)26(19)30)17-40-11-8-31-22-14-23(33-16-32-22)34-9-12-39-13-10-34/h5-7,14-16,25H,4,8-13,17H2,1-3H3,(H,31,32,33). The van der Waals surface area contributed by atoms with E-state index in [1.807, 2.05) is 6.07 Å². The summed E-state index contributed by atoms with van der Waals surface area (Å²) in [6.45, 7) is 7.37. The molecule has 1 saturated heterocycles. The van der Waals surface area contributed by atoms with Crippen LogP contribution in [0, 0.1) is 0 Å². The lowest BCUT2D eigenvalue weighted by molar-refractivity contribution is -0.139. The predicted octanol–water partition coefficient (Wildman–Crippen LogP) is 4.00. The summed E-state index contributed by atoms with van der Waals surface area (Å²) >= 11 is 12.8. The second-order valence-corrected chi connectivity index (χ2v) is 9.95. The lowest BCUT2D eigenvalue weighted by Gasteiger charge is -2.34. The van der Waals surface area contributed by atoms with Crippen molar-refractivity contribution in [1.29, 1.82) is 0 Å². The number of rotatable bonds is 11. The fraction of sp³-hybridized carbons (Fsp3) is 0.429. The monoisotopic (exact) mass is 605 g/mol. The highest BCUT2D eigenvalue weighted by Gasteiger charge is 2.39. The number of morpholine rings is 1. The van der Waals surface area contributed by atoms with Crippen LogP contribution in [0.2, 0.25) is 10.0 Å². The van der Waals surface area contributed by atoms with Crippen molar-refractivity contribution in [2.45, 2.75) is 19.8 Å². The minimum absolute atomic E-state index is 0.0652. The molecule has 0 aliphatic carbocycles. The number of anilines is 2. The van der Waals surface area contributed by atoms with Crippen LogP contribution < -0.4 is 10.2 Å². The zero-order chi connectivity index (χ0) is 29.4. The lowest BCUT2D eigenvalue weighted by Crippen LogP contribution is -2.36. The van der Waals surface area contributed by atoms with Gasteiger partial charge in [-0.25, -0.2) is 19.6 Å². The number of nitrogens with zero attached hydrogens (tertiary/aromatic N) is 4. The quantitative estimate of drug-likeness (QED) is 0.296. The Morgan fingerprint density at radius 2 is 1.95 bits per heavy atom. The first-order valence-corrected chi connectivity index (χ1v) is 14.0. The van der Waals surface area contributed by atoms with Crippen molar-refractivity contribution in [3.8, 4) is 0 Å². The Labute approximate surface area is 249 Å². The van der Waals surface area contributed by atoms with E-state index in [1.54, 1.807) is 43.1 Å². The summed E-state index contributed by atoms with van der Waals surface area (Å²) in [4.78, 5) is 38.7. The molecule has 2 aromatic rings. The maximum absolute atomic E-state index is 13.1. The van der Waals surface area contributed by atoms with Gasteiger partial charge in [0.15, 0.2) is 0 Å². The van der Waals surface area contributed by atoms with Crippen molar-refractivity contribution in [3.05, 3.63) is 69.2 Å². The number of carbonyl (C=O) groups excluding carboxylic acids is 2. The van der Waals surface area contributed by atoms with Crippen LogP contribution in [0.25, 0.3) is 0 Å². The summed E-state index contributed by atoms with van der Waals surface area (Å²) in [7, 11) is 1.28. The molecule has 13 heteroatoms. The SMILES string of the molecule is CCOC(=O)C1=CN(COCCNc2cc(N3CCOCC3)ncn2)C(C)=C(C(=O)OC)C1c1cccc(Cl)c1Cl. The molecular weight excluding hydrogens is 573 g/mol. The number of aromatic nitrogens is 2. The molecule has 2 aliphatic heterocycles. The zero-order valence-electron chi connectivity index (χ0n) is 23.2. The molecule has 1 fully saturated rings. The molecule has 2 aliphatic rings. The lowest BCUT2D eigenvalue weighted by atomic mass is 9.81. The largest absolute Gasteiger partial charge is 0.466 e. The van der Waals surface area contributed by atoms with E-state index in [2.05, 4.69) is 20.2 Å². The Morgan fingerprint density at radius 3 is 2.68 bits per heavy atom. The van der Waals surface area contributed by atoms with E-state index in [-0.39, 0.29) is 29.5 Å². The molecule has 0 saturated carbocycles. The van der Waals surface area contributed by atoms with Crippen molar-refractivity contribution in [3.63, 3.8) is 0 Å². The number of hydrogen-bond donors (Lipinski definition) is 1. The van der Waals surface area contributed by atoms with E-state index in [4.69, 9.17) is 42.1 Å². The fourth-order valence-electron chi connectivity index (χ4n) is 4.64.